The van der Waals surface area contributed by atoms with Crippen LogP contribution in [0.1, 0.15) is 18.4 Å². The summed E-state index contributed by atoms with van der Waals surface area (Å²) in [6, 6.07) is 8.48. The van der Waals surface area contributed by atoms with Crippen LogP contribution in [-0.2, 0) is 7.05 Å². The zero-order chi connectivity index (χ0) is 19.1. The molecule has 0 saturated carbocycles. The van der Waals surface area contributed by atoms with Gasteiger partial charge in [-0.15, -0.1) is 0 Å². The van der Waals surface area contributed by atoms with Crippen molar-refractivity contribution < 1.29 is 0 Å². The summed E-state index contributed by atoms with van der Waals surface area (Å²) in [4.78, 5) is 7.00. The lowest BCUT2D eigenvalue weighted by Crippen LogP contribution is -2.18. The monoisotopic (exact) mass is 369 g/mol. The summed E-state index contributed by atoms with van der Waals surface area (Å²) >= 11 is 0. The molecule has 7 nitrogen and oxygen atoms in total. The van der Waals surface area contributed by atoms with Crippen molar-refractivity contribution in [2.24, 2.45) is 7.05 Å². The van der Waals surface area contributed by atoms with Gasteiger partial charge in [-0.05, 0) is 31.0 Å². The van der Waals surface area contributed by atoms with Crippen LogP contribution in [0.5, 0.6) is 0 Å². The number of nitrogens with zero attached hydrogens (tertiary/aromatic N) is 7. The quantitative estimate of drug-likeness (QED) is 0.554. The molecule has 0 N–H and O–H groups in total. The predicted octanol–water partition coefficient (Wildman–Crippen LogP) is 3.27. The molecule has 7 heteroatoms. The molecule has 0 atom stereocenters. The molecule has 4 aromatic rings. The number of hydrogen-bond donors (Lipinski definition) is 0. The SMILES string of the molecule is Cn1cc(-c2cc(-c3ccc(N4CCCC4)nc3)c3c(C#N)cnn3c2)cn1. The van der Waals surface area contributed by atoms with E-state index in [0.717, 1.165) is 46.7 Å². The van der Waals surface area contributed by atoms with Crippen LogP contribution in [0.4, 0.5) is 5.82 Å². The topological polar surface area (TPSA) is 75.0 Å². The molecule has 5 heterocycles. The van der Waals surface area contributed by atoms with Crippen LogP contribution in [0, 0.1) is 11.3 Å². The summed E-state index contributed by atoms with van der Waals surface area (Å²) in [6.45, 7) is 2.13. The van der Waals surface area contributed by atoms with E-state index in [1.807, 2.05) is 31.8 Å². The third-order valence-corrected chi connectivity index (χ3v) is 5.26. The highest BCUT2D eigenvalue weighted by atomic mass is 15.2. The minimum Gasteiger partial charge on any atom is -0.357 e. The Balaban J connectivity index is 1.66. The second-order valence-corrected chi connectivity index (χ2v) is 7.11. The van der Waals surface area contributed by atoms with Crippen molar-refractivity contribution in [1.29, 1.82) is 5.26 Å². The molecule has 0 amide bonds. The van der Waals surface area contributed by atoms with Gasteiger partial charge in [-0.25, -0.2) is 9.50 Å². The van der Waals surface area contributed by atoms with Crippen molar-refractivity contribution in [3.8, 4) is 28.3 Å². The number of fused-ring (bicyclic) bond motifs is 1. The Hall–Kier alpha value is -3.66. The number of aryl methyl sites for hydroxylation is 1. The molecule has 1 aliphatic rings. The van der Waals surface area contributed by atoms with Crippen molar-refractivity contribution >= 4 is 11.3 Å². The molecule has 138 valence electrons. The van der Waals surface area contributed by atoms with Gasteiger partial charge >= 0.3 is 0 Å². The van der Waals surface area contributed by atoms with Crippen molar-refractivity contribution in [1.82, 2.24) is 24.4 Å². The smallest absolute Gasteiger partial charge is 0.128 e. The van der Waals surface area contributed by atoms with E-state index in [1.54, 1.807) is 15.4 Å². The highest BCUT2D eigenvalue weighted by Crippen LogP contribution is 2.32. The van der Waals surface area contributed by atoms with E-state index < -0.39 is 0 Å². The predicted molar refractivity (Wildman–Crippen MR) is 107 cm³/mol. The zero-order valence-electron chi connectivity index (χ0n) is 15.6. The maximum atomic E-state index is 9.53. The van der Waals surface area contributed by atoms with Gasteiger partial charge in [-0.3, -0.25) is 4.68 Å². The summed E-state index contributed by atoms with van der Waals surface area (Å²) in [5.41, 5.74) is 5.25. The van der Waals surface area contributed by atoms with Gasteiger partial charge in [0, 0.05) is 61.0 Å². The molecule has 1 saturated heterocycles. The molecular weight excluding hydrogens is 350 g/mol. The number of hydrogen-bond acceptors (Lipinski definition) is 5. The second-order valence-electron chi connectivity index (χ2n) is 7.11. The van der Waals surface area contributed by atoms with E-state index in [4.69, 9.17) is 0 Å². The van der Waals surface area contributed by atoms with Crippen molar-refractivity contribution in [3.05, 3.63) is 54.7 Å². The van der Waals surface area contributed by atoms with Gasteiger partial charge in [-0.1, -0.05) is 0 Å². The molecule has 0 radical (unpaired) electrons. The molecule has 28 heavy (non-hydrogen) atoms. The summed E-state index contributed by atoms with van der Waals surface area (Å²) in [5.74, 6) is 1.01. The van der Waals surface area contributed by atoms with E-state index in [9.17, 15) is 5.26 Å². The lowest BCUT2D eigenvalue weighted by Gasteiger charge is -2.16. The molecular formula is C21H19N7. The number of nitriles is 1. The molecule has 0 spiro atoms. The Morgan fingerprint density at radius 2 is 1.82 bits per heavy atom. The highest BCUT2D eigenvalue weighted by Gasteiger charge is 2.16. The Morgan fingerprint density at radius 3 is 2.50 bits per heavy atom. The van der Waals surface area contributed by atoms with Gasteiger partial charge in [0.05, 0.1) is 23.5 Å². The van der Waals surface area contributed by atoms with Crippen LogP contribution in [0.15, 0.2) is 49.2 Å². The fourth-order valence-electron chi connectivity index (χ4n) is 3.83. The Kier molecular flexibility index (Phi) is 3.83. The summed E-state index contributed by atoms with van der Waals surface area (Å²) in [5, 5.41) is 18.2. The summed E-state index contributed by atoms with van der Waals surface area (Å²) in [6.07, 6.45) is 11.7. The zero-order valence-corrected chi connectivity index (χ0v) is 15.6. The van der Waals surface area contributed by atoms with Gasteiger partial charge in [-0.2, -0.15) is 15.5 Å². The van der Waals surface area contributed by atoms with Gasteiger partial charge < -0.3 is 4.90 Å². The van der Waals surface area contributed by atoms with E-state index >= 15 is 0 Å². The third-order valence-electron chi connectivity index (χ3n) is 5.26. The van der Waals surface area contributed by atoms with Crippen molar-refractivity contribution in [2.45, 2.75) is 12.8 Å². The van der Waals surface area contributed by atoms with E-state index in [1.165, 1.54) is 12.8 Å². The third kappa shape index (κ3) is 2.70. The molecule has 0 aliphatic carbocycles. The number of aromatic nitrogens is 5. The Bertz CT molecular complexity index is 1190. The van der Waals surface area contributed by atoms with E-state index in [2.05, 4.69) is 44.3 Å². The molecule has 5 rings (SSSR count). The van der Waals surface area contributed by atoms with Gasteiger partial charge in [0.15, 0.2) is 0 Å². The normalized spacial score (nSPS) is 13.9. The number of pyridine rings is 2. The van der Waals surface area contributed by atoms with E-state index in [0.29, 0.717) is 5.56 Å². The fourth-order valence-corrected chi connectivity index (χ4v) is 3.83. The van der Waals surface area contributed by atoms with Gasteiger partial charge in [0.25, 0.3) is 0 Å². The van der Waals surface area contributed by atoms with Crippen LogP contribution in [0.25, 0.3) is 27.8 Å². The lowest BCUT2D eigenvalue weighted by molar-refractivity contribution is 0.768. The maximum Gasteiger partial charge on any atom is 0.128 e. The first-order chi connectivity index (χ1) is 13.7. The van der Waals surface area contributed by atoms with Crippen molar-refractivity contribution in [2.75, 3.05) is 18.0 Å². The molecule has 0 unspecified atom stereocenters. The minimum atomic E-state index is 0.552. The van der Waals surface area contributed by atoms with Gasteiger partial charge in [0.2, 0.25) is 0 Å². The van der Waals surface area contributed by atoms with Crippen molar-refractivity contribution in [3.63, 3.8) is 0 Å². The average Bonchev–Trinajstić information content (AvgIpc) is 3.48. The fraction of sp³-hybridized carbons (Fsp3) is 0.238. The maximum absolute atomic E-state index is 9.53. The van der Waals surface area contributed by atoms with Crippen LogP contribution in [0.2, 0.25) is 0 Å². The molecule has 4 aromatic heterocycles. The highest BCUT2D eigenvalue weighted by molar-refractivity contribution is 5.87. The van der Waals surface area contributed by atoms with Crippen LogP contribution in [0.3, 0.4) is 0 Å². The first-order valence-electron chi connectivity index (χ1n) is 9.35. The molecule has 0 aromatic carbocycles. The largest absolute Gasteiger partial charge is 0.357 e. The van der Waals surface area contributed by atoms with Crippen LogP contribution in [-0.4, -0.2) is 37.5 Å². The Labute approximate surface area is 162 Å². The number of anilines is 1. The lowest BCUT2D eigenvalue weighted by atomic mass is 10.0. The number of rotatable bonds is 3. The van der Waals surface area contributed by atoms with Gasteiger partial charge in [0.1, 0.15) is 11.9 Å². The van der Waals surface area contributed by atoms with Crippen LogP contribution >= 0.6 is 0 Å². The molecule has 1 fully saturated rings. The molecule has 0 bridgehead atoms. The summed E-state index contributed by atoms with van der Waals surface area (Å²) < 4.78 is 3.54. The average molecular weight is 369 g/mol. The summed E-state index contributed by atoms with van der Waals surface area (Å²) in [7, 11) is 1.89. The molecule has 1 aliphatic heterocycles. The second kappa shape index (κ2) is 6.50. The first-order valence-corrected chi connectivity index (χ1v) is 9.35. The minimum absolute atomic E-state index is 0.552. The first kappa shape index (κ1) is 16.5. The standard InChI is InChI=1S/C21H19N7/c1-26-13-18(12-24-26)16-8-19(21-17(9-22)11-25-28(21)14-16)15-4-5-20(23-10-15)27-6-2-3-7-27/h4-5,8,10-14H,2-3,6-7H2,1H3. The van der Waals surface area contributed by atoms with Crippen LogP contribution < -0.4 is 4.90 Å². The van der Waals surface area contributed by atoms with E-state index in [-0.39, 0.29) is 0 Å². The Morgan fingerprint density at radius 1 is 0.964 bits per heavy atom.